The van der Waals surface area contributed by atoms with Crippen LogP contribution in [0.15, 0.2) is 0 Å². The maximum Gasteiger partial charge on any atom is 0.0494 e. The lowest BCUT2D eigenvalue weighted by molar-refractivity contribution is 0.108. The molecule has 0 aromatic carbocycles. The number of nitrogens with one attached hydrogen (secondary N) is 1. The van der Waals surface area contributed by atoms with E-state index in [4.69, 9.17) is 4.74 Å². The maximum absolute atomic E-state index is 5.72. The summed E-state index contributed by atoms with van der Waals surface area (Å²) in [4.78, 5) is 0. The van der Waals surface area contributed by atoms with Crippen molar-refractivity contribution in [1.29, 1.82) is 0 Å². The predicted octanol–water partition coefficient (Wildman–Crippen LogP) is 2.58. The summed E-state index contributed by atoms with van der Waals surface area (Å²) in [6.07, 6.45) is 8.27. The SMILES string of the molecule is CCNC1CCCC1CCOCC1CC1. The second-order valence-electron chi connectivity index (χ2n) is 5.16. The van der Waals surface area contributed by atoms with Gasteiger partial charge in [0.05, 0.1) is 0 Å². The molecule has 0 heterocycles. The van der Waals surface area contributed by atoms with E-state index in [1.165, 1.54) is 38.5 Å². The van der Waals surface area contributed by atoms with Crippen molar-refractivity contribution in [1.82, 2.24) is 5.32 Å². The lowest BCUT2D eigenvalue weighted by Crippen LogP contribution is -2.32. The van der Waals surface area contributed by atoms with Crippen molar-refractivity contribution >= 4 is 0 Å². The van der Waals surface area contributed by atoms with Crippen LogP contribution in [0, 0.1) is 11.8 Å². The van der Waals surface area contributed by atoms with E-state index in [0.717, 1.165) is 37.6 Å². The Bertz CT molecular complexity index is 179. The van der Waals surface area contributed by atoms with Crippen molar-refractivity contribution in [2.24, 2.45) is 11.8 Å². The minimum Gasteiger partial charge on any atom is -0.381 e. The van der Waals surface area contributed by atoms with E-state index in [9.17, 15) is 0 Å². The zero-order chi connectivity index (χ0) is 10.5. The number of rotatable bonds is 7. The third-order valence-corrected chi connectivity index (χ3v) is 3.81. The van der Waals surface area contributed by atoms with Crippen molar-refractivity contribution in [2.75, 3.05) is 19.8 Å². The Labute approximate surface area is 93.8 Å². The van der Waals surface area contributed by atoms with Crippen molar-refractivity contribution in [3.05, 3.63) is 0 Å². The topological polar surface area (TPSA) is 21.3 Å². The van der Waals surface area contributed by atoms with Gasteiger partial charge in [-0.3, -0.25) is 0 Å². The largest absolute Gasteiger partial charge is 0.381 e. The fraction of sp³-hybridized carbons (Fsp3) is 1.00. The second-order valence-corrected chi connectivity index (χ2v) is 5.16. The molecular formula is C13H25NO. The average molecular weight is 211 g/mol. The zero-order valence-electron chi connectivity index (χ0n) is 10.0. The van der Waals surface area contributed by atoms with E-state index in [1.807, 2.05) is 0 Å². The normalized spacial score (nSPS) is 31.0. The summed E-state index contributed by atoms with van der Waals surface area (Å²) in [6.45, 7) is 5.34. The summed E-state index contributed by atoms with van der Waals surface area (Å²) in [6, 6.07) is 0.777. The molecule has 2 aliphatic rings. The highest BCUT2D eigenvalue weighted by atomic mass is 16.5. The Kier molecular flexibility index (Phi) is 4.45. The highest BCUT2D eigenvalue weighted by Gasteiger charge is 2.26. The van der Waals surface area contributed by atoms with Crippen LogP contribution in [0.4, 0.5) is 0 Å². The quantitative estimate of drug-likeness (QED) is 0.654. The molecule has 0 aliphatic heterocycles. The van der Waals surface area contributed by atoms with E-state index in [2.05, 4.69) is 12.2 Å². The molecule has 2 heteroatoms. The Balaban J connectivity index is 1.55. The molecule has 2 atom stereocenters. The summed E-state index contributed by atoms with van der Waals surface area (Å²) < 4.78 is 5.72. The van der Waals surface area contributed by atoms with Crippen molar-refractivity contribution < 1.29 is 4.74 Å². The third-order valence-electron chi connectivity index (χ3n) is 3.81. The summed E-state index contributed by atoms with van der Waals surface area (Å²) in [7, 11) is 0. The molecule has 0 saturated heterocycles. The van der Waals surface area contributed by atoms with Crippen LogP contribution in [0.1, 0.15) is 45.4 Å². The molecule has 0 aromatic rings. The molecular weight excluding hydrogens is 186 g/mol. The molecule has 0 radical (unpaired) electrons. The van der Waals surface area contributed by atoms with Crippen LogP contribution in [0.5, 0.6) is 0 Å². The van der Waals surface area contributed by atoms with Gasteiger partial charge in [0.2, 0.25) is 0 Å². The molecule has 0 spiro atoms. The van der Waals surface area contributed by atoms with Crippen LogP contribution >= 0.6 is 0 Å². The first-order chi connectivity index (χ1) is 7.40. The van der Waals surface area contributed by atoms with Gasteiger partial charge >= 0.3 is 0 Å². The van der Waals surface area contributed by atoms with E-state index in [-0.39, 0.29) is 0 Å². The van der Waals surface area contributed by atoms with Gasteiger partial charge in [0.1, 0.15) is 0 Å². The number of ether oxygens (including phenoxy) is 1. The molecule has 2 saturated carbocycles. The fourth-order valence-corrected chi connectivity index (χ4v) is 2.68. The van der Waals surface area contributed by atoms with Crippen LogP contribution in [-0.2, 0) is 4.74 Å². The van der Waals surface area contributed by atoms with E-state index < -0.39 is 0 Å². The van der Waals surface area contributed by atoms with Crippen LogP contribution < -0.4 is 5.32 Å². The maximum atomic E-state index is 5.72. The minimum absolute atomic E-state index is 0.777. The molecule has 2 unspecified atom stereocenters. The lowest BCUT2D eigenvalue weighted by atomic mass is 10.00. The van der Waals surface area contributed by atoms with Gasteiger partial charge in [0, 0.05) is 19.3 Å². The van der Waals surface area contributed by atoms with Crippen LogP contribution in [0.25, 0.3) is 0 Å². The molecule has 2 nitrogen and oxygen atoms in total. The standard InChI is InChI=1S/C13H25NO/c1-2-14-13-5-3-4-12(13)8-9-15-10-11-6-7-11/h11-14H,2-10H2,1H3. The number of hydrogen-bond donors (Lipinski definition) is 1. The van der Waals surface area contributed by atoms with E-state index in [1.54, 1.807) is 0 Å². The second kappa shape index (κ2) is 5.86. The van der Waals surface area contributed by atoms with Gasteiger partial charge in [-0.25, -0.2) is 0 Å². The van der Waals surface area contributed by atoms with Gasteiger partial charge in [0.25, 0.3) is 0 Å². The van der Waals surface area contributed by atoms with Gasteiger partial charge in [-0.05, 0) is 50.5 Å². The summed E-state index contributed by atoms with van der Waals surface area (Å²) >= 11 is 0. The zero-order valence-corrected chi connectivity index (χ0v) is 10.0. The fourth-order valence-electron chi connectivity index (χ4n) is 2.68. The Morgan fingerprint density at radius 2 is 2.07 bits per heavy atom. The van der Waals surface area contributed by atoms with E-state index >= 15 is 0 Å². The van der Waals surface area contributed by atoms with Gasteiger partial charge < -0.3 is 10.1 Å². The first-order valence-corrected chi connectivity index (χ1v) is 6.71. The van der Waals surface area contributed by atoms with Gasteiger partial charge in [-0.15, -0.1) is 0 Å². The summed E-state index contributed by atoms with van der Waals surface area (Å²) in [5.74, 6) is 1.79. The van der Waals surface area contributed by atoms with Crippen LogP contribution in [0.2, 0.25) is 0 Å². The van der Waals surface area contributed by atoms with Gasteiger partial charge in [0.15, 0.2) is 0 Å². The Hall–Kier alpha value is -0.0800. The Morgan fingerprint density at radius 3 is 2.80 bits per heavy atom. The molecule has 2 fully saturated rings. The molecule has 2 rings (SSSR count). The monoisotopic (exact) mass is 211 g/mol. The van der Waals surface area contributed by atoms with Gasteiger partial charge in [-0.2, -0.15) is 0 Å². The van der Waals surface area contributed by atoms with Crippen LogP contribution in [0.3, 0.4) is 0 Å². The average Bonchev–Trinajstić information content (AvgIpc) is 2.96. The predicted molar refractivity (Wildman–Crippen MR) is 63.0 cm³/mol. The highest BCUT2D eigenvalue weighted by Crippen LogP contribution is 2.30. The van der Waals surface area contributed by atoms with Crippen molar-refractivity contribution in [3.8, 4) is 0 Å². The first-order valence-electron chi connectivity index (χ1n) is 6.71. The third kappa shape index (κ3) is 3.76. The molecule has 0 aromatic heterocycles. The highest BCUT2D eigenvalue weighted by molar-refractivity contribution is 4.82. The summed E-state index contributed by atoms with van der Waals surface area (Å²) in [5.41, 5.74) is 0. The van der Waals surface area contributed by atoms with E-state index in [0.29, 0.717) is 0 Å². The minimum atomic E-state index is 0.777. The molecule has 15 heavy (non-hydrogen) atoms. The molecule has 0 amide bonds. The van der Waals surface area contributed by atoms with Crippen molar-refractivity contribution in [2.45, 2.75) is 51.5 Å². The smallest absolute Gasteiger partial charge is 0.0494 e. The molecule has 2 aliphatic carbocycles. The summed E-state index contributed by atoms with van der Waals surface area (Å²) in [5, 5.41) is 3.60. The molecule has 1 N–H and O–H groups in total. The molecule has 0 bridgehead atoms. The lowest BCUT2D eigenvalue weighted by Gasteiger charge is -2.20. The van der Waals surface area contributed by atoms with Crippen molar-refractivity contribution in [3.63, 3.8) is 0 Å². The van der Waals surface area contributed by atoms with Crippen LogP contribution in [-0.4, -0.2) is 25.8 Å². The molecule has 88 valence electrons. The Morgan fingerprint density at radius 1 is 1.20 bits per heavy atom. The number of hydrogen-bond acceptors (Lipinski definition) is 2. The first kappa shape index (κ1) is 11.4. The van der Waals surface area contributed by atoms with Gasteiger partial charge in [-0.1, -0.05) is 13.3 Å².